The zero-order valence-corrected chi connectivity index (χ0v) is 11.5. The van der Waals surface area contributed by atoms with E-state index in [1.165, 1.54) is 0 Å². The van der Waals surface area contributed by atoms with E-state index >= 15 is 0 Å². The van der Waals surface area contributed by atoms with Gasteiger partial charge in [0.2, 0.25) is 0 Å². The van der Waals surface area contributed by atoms with Crippen LogP contribution in [0.2, 0.25) is 0 Å². The summed E-state index contributed by atoms with van der Waals surface area (Å²) in [6.45, 7) is 4.53. The minimum Gasteiger partial charge on any atom is -0.494 e. The number of hydrogen-bond acceptors (Lipinski definition) is 4. The Hall–Kier alpha value is -2.43. The third kappa shape index (κ3) is 3.32. The highest BCUT2D eigenvalue weighted by atomic mass is 16.5. The van der Waals surface area contributed by atoms with Crippen molar-refractivity contribution in [1.29, 1.82) is 0 Å². The average molecular weight is 272 g/mol. The van der Waals surface area contributed by atoms with Crippen LogP contribution in [-0.4, -0.2) is 27.7 Å². The average Bonchev–Trinajstić information content (AvgIpc) is 2.41. The molecule has 0 unspecified atom stereocenters. The number of carboxylic acids is 1. The zero-order chi connectivity index (χ0) is 14.5. The molecule has 1 heterocycles. The number of nitrogens with zero attached hydrogens (tertiary/aromatic N) is 2. The number of aliphatic carboxylic acids is 1. The topological polar surface area (TPSA) is 72.3 Å². The number of carbonyl (C=O) groups is 1. The van der Waals surface area contributed by atoms with Crippen LogP contribution in [0.4, 0.5) is 0 Å². The molecule has 0 aliphatic carbocycles. The molecule has 1 aromatic carbocycles. The Morgan fingerprint density at radius 2 is 2.15 bits per heavy atom. The lowest BCUT2D eigenvalue weighted by molar-refractivity contribution is -0.136. The number of hydrogen-bond donors (Lipinski definition) is 1. The van der Waals surface area contributed by atoms with Crippen LogP contribution in [0.25, 0.3) is 11.3 Å². The standard InChI is InChI=1S/C15H16N2O3/c1-3-20-13-5-4-11(8-10(13)2)12-6-7-16-14(17-12)9-15(18)19/h4-8H,3,9H2,1-2H3,(H,18,19). The van der Waals surface area contributed by atoms with Gasteiger partial charge in [-0.1, -0.05) is 0 Å². The number of carboxylic acid groups (broad SMARTS) is 1. The van der Waals surface area contributed by atoms with E-state index in [1.54, 1.807) is 12.3 Å². The Kier molecular flexibility index (Phi) is 4.30. The second-order valence-corrected chi connectivity index (χ2v) is 4.34. The van der Waals surface area contributed by atoms with Crippen molar-refractivity contribution >= 4 is 5.97 Å². The van der Waals surface area contributed by atoms with Crippen molar-refractivity contribution in [2.24, 2.45) is 0 Å². The Morgan fingerprint density at radius 3 is 2.80 bits per heavy atom. The van der Waals surface area contributed by atoms with Crippen molar-refractivity contribution in [3.05, 3.63) is 41.9 Å². The molecule has 5 heteroatoms. The van der Waals surface area contributed by atoms with E-state index in [1.807, 2.05) is 32.0 Å². The third-order valence-corrected chi connectivity index (χ3v) is 2.79. The summed E-state index contributed by atoms with van der Waals surface area (Å²) >= 11 is 0. The molecule has 0 saturated heterocycles. The van der Waals surface area contributed by atoms with Gasteiger partial charge in [0.1, 0.15) is 18.0 Å². The maximum atomic E-state index is 10.7. The molecule has 0 aliphatic rings. The van der Waals surface area contributed by atoms with Crippen molar-refractivity contribution in [2.75, 3.05) is 6.61 Å². The summed E-state index contributed by atoms with van der Waals surface area (Å²) in [5, 5.41) is 8.77. The van der Waals surface area contributed by atoms with Crippen molar-refractivity contribution in [3.63, 3.8) is 0 Å². The number of ether oxygens (including phenoxy) is 1. The van der Waals surface area contributed by atoms with Crippen LogP contribution in [-0.2, 0) is 11.2 Å². The fourth-order valence-electron chi connectivity index (χ4n) is 1.91. The van der Waals surface area contributed by atoms with Crippen LogP contribution in [0.15, 0.2) is 30.5 Å². The maximum absolute atomic E-state index is 10.7. The summed E-state index contributed by atoms with van der Waals surface area (Å²) in [4.78, 5) is 18.9. The minimum atomic E-state index is -0.940. The van der Waals surface area contributed by atoms with Crippen LogP contribution in [0.1, 0.15) is 18.3 Å². The molecular weight excluding hydrogens is 256 g/mol. The van der Waals surface area contributed by atoms with Gasteiger partial charge in [-0.2, -0.15) is 0 Å². The molecule has 104 valence electrons. The molecule has 2 aromatic rings. The summed E-state index contributed by atoms with van der Waals surface area (Å²) in [5.41, 5.74) is 2.64. The summed E-state index contributed by atoms with van der Waals surface area (Å²) in [7, 11) is 0. The van der Waals surface area contributed by atoms with Gasteiger partial charge < -0.3 is 9.84 Å². The van der Waals surface area contributed by atoms with Crippen LogP contribution < -0.4 is 4.74 Å². The van der Waals surface area contributed by atoms with Gasteiger partial charge in [-0.3, -0.25) is 4.79 Å². The van der Waals surface area contributed by atoms with Crippen molar-refractivity contribution in [2.45, 2.75) is 20.3 Å². The van der Waals surface area contributed by atoms with Gasteiger partial charge in [0, 0.05) is 11.8 Å². The molecule has 0 amide bonds. The first-order chi connectivity index (χ1) is 9.60. The van der Waals surface area contributed by atoms with Gasteiger partial charge >= 0.3 is 5.97 Å². The summed E-state index contributed by atoms with van der Waals surface area (Å²) in [5.74, 6) is 0.211. The van der Waals surface area contributed by atoms with Gasteiger partial charge in [-0.25, -0.2) is 9.97 Å². The molecule has 0 saturated carbocycles. The van der Waals surface area contributed by atoms with E-state index in [2.05, 4.69) is 9.97 Å². The van der Waals surface area contributed by atoms with Crippen LogP contribution in [0.3, 0.4) is 0 Å². The van der Waals surface area contributed by atoms with Gasteiger partial charge in [0.05, 0.1) is 12.3 Å². The first kappa shape index (κ1) is 14.0. The number of benzene rings is 1. The first-order valence-electron chi connectivity index (χ1n) is 6.37. The van der Waals surface area contributed by atoms with Crippen LogP contribution >= 0.6 is 0 Å². The van der Waals surface area contributed by atoms with Crippen molar-refractivity contribution in [1.82, 2.24) is 9.97 Å². The molecule has 0 bridgehead atoms. The van der Waals surface area contributed by atoms with Crippen LogP contribution in [0, 0.1) is 6.92 Å². The number of aryl methyl sites for hydroxylation is 1. The van der Waals surface area contributed by atoms with E-state index in [9.17, 15) is 4.79 Å². The molecular formula is C15H16N2O3. The lowest BCUT2D eigenvalue weighted by Gasteiger charge is -2.09. The fraction of sp³-hybridized carbons (Fsp3) is 0.267. The van der Waals surface area contributed by atoms with Gasteiger partial charge in [-0.15, -0.1) is 0 Å². The highest BCUT2D eigenvalue weighted by Crippen LogP contribution is 2.25. The fourth-order valence-corrected chi connectivity index (χ4v) is 1.91. The molecule has 0 radical (unpaired) electrons. The Balaban J connectivity index is 2.31. The van der Waals surface area contributed by atoms with E-state index in [0.29, 0.717) is 18.1 Å². The SMILES string of the molecule is CCOc1ccc(-c2ccnc(CC(=O)O)n2)cc1C. The molecule has 1 N–H and O–H groups in total. The third-order valence-electron chi connectivity index (χ3n) is 2.79. The van der Waals surface area contributed by atoms with E-state index < -0.39 is 5.97 Å². The number of rotatable bonds is 5. The van der Waals surface area contributed by atoms with E-state index in [-0.39, 0.29) is 6.42 Å². The lowest BCUT2D eigenvalue weighted by Crippen LogP contribution is -2.05. The lowest BCUT2D eigenvalue weighted by atomic mass is 10.1. The second-order valence-electron chi connectivity index (χ2n) is 4.34. The van der Waals surface area contributed by atoms with E-state index in [0.717, 1.165) is 16.9 Å². The van der Waals surface area contributed by atoms with E-state index in [4.69, 9.17) is 9.84 Å². The number of aromatic nitrogens is 2. The van der Waals surface area contributed by atoms with Crippen molar-refractivity contribution < 1.29 is 14.6 Å². The highest BCUT2D eigenvalue weighted by Gasteiger charge is 2.07. The summed E-state index contributed by atoms with van der Waals surface area (Å²) in [6, 6.07) is 7.54. The normalized spacial score (nSPS) is 10.3. The molecule has 0 atom stereocenters. The highest BCUT2D eigenvalue weighted by molar-refractivity contribution is 5.69. The predicted octanol–water partition coefficient (Wildman–Crippen LogP) is 2.48. The Bertz CT molecular complexity index is 626. The zero-order valence-electron chi connectivity index (χ0n) is 11.5. The largest absolute Gasteiger partial charge is 0.494 e. The smallest absolute Gasteiger partial charge is 0.311 e. The molecule has 5 nitrogen and oxygen atoms in total. The predicted molar refractivity (Wildman–Crippen MR) is 74.7 cm³/mol. The van der Waals surface area contributed by atoms with Crippen LogP contribution in [0.5, 0.6) is 5.75 Å². The van der Waals surface area contributed by atoms with Gasteiger partial charge in [-0.05, 0) is 43.7 Å². The molecule has 0 fully saturated rings. The minimum absolute atomic E-state index is 0.177. The second kappa shape index (κ2) is 6.14. The molecule has 20 heavy (non-hydrogen) atoms. The Morgan fingerprint density at radius 1 is 1.35 bits per heavy atom. The van der Waals surface area contributed by atoms with Crippen molar-refractivity contribution in [3.8, 4) is 17.0 Å². The molecule has 0 spiro atoms. The molecule has 2 rings (SSSR count). The molecule has 1 aromatic heterocycles. The monoisotopic (exact) mass is 272 g/mol. The van der Waals surface area contributed by atoms with Gasteiger partial charge in [0.15, 0.2) is 0 Å². The summed E-state index contributed by atoms with van der Waals surface area (Å²) < 4.78 is 5.49. The summed E-state index contributed by atoms with van der Waals surface area (Å²) in [6.07, 6.45) is 1.40. The first-order valence-corrected chi connectivity index (χ1v) is 6.37. The quantitative estimate of drug-likeness (QED) is 0.905. The molecule has 0 aliphatic heterocycles. The Labute approximate surface area is 117 Å². The van der Waals surface area contributed by atoms with Gasteiger partial charge in [0.25, 0.3) is 0 Å². The maximum Gasteiger partial charge on any atom is 0.311 e.